The van der Waals surface area contributed by atoms with Crippen LogP contribution in [0.4, 0.5) is 10.1 Å². The van der Waals surface area contributed by atoms with E-state index >= 15 is 0 Å². The summed E-state index contributed by atoms with van der Waals surface area (Å²) in [6, 6.07) is 21.5. The van der Waals surface area contributed by atoms with Crippen molar-refractivity contribution in [3.63, 3.8) is 0 Å². The van der Waals surface area contributed by atoms with Crippen LogP contribution in [-0.4, -0.2) is 65.4 Å². The second-order valence-corrected chi connectivity index (χ2v) is 14.7. The Labute approximate surface area is 268 Å². The molecule has 240 valence electrons. The number of benzene rings is 3. The molecule has 0 spiro atoms. The maximum atomic E-state index is 14.6. The van der Waals surface area contributed by atoms with Crippen LogP contribution in [0.2, 0.25) is 0 Å². The van der Waals surface area contributed by atoms with Crippen molar-refractivity contribution in [3.8, 4) is 5.75 Å². The van der Waals surface area contributed by atoms with E-state index in [1.54, 1.807) is 18.2 Å². The summed E-state index contributed by atoms with van der Waals surface area (Å²) in [5.41, 5.74) is 3.72. The van der Waals surface area contributed by atoms with E-state index in [1.807, 2.05) is 11.0 Å². The summed E-state index contributed by atoms with van der Waals surface area (Å²) in [6.07, 6.45) is 6.98. The van der Waals surface area contributed by atoms with Crippen molar-refractivity contribution in [1.29, 1.82) is 0 Å². The Morgan fingerprint density at radius 2 is 1.76 bits per heavy atom. The fourth-order valence-electron chi connectivity index (χ4n) is 8.70. The number of halogens is 1. The van der Waals surface area contributed by atoms with E-state index in [0.29, 0.717) is 36.8 Å². The summed E-state index contributed by atoms with van der Waals surface area (Å²) >= 11 is 0. The lowest BCUT2D eigenvalue weighted by molar-refractivity contribution is 0.0606. The lowest BCUT2D eigenvalue weighted by Gasteiger charge is -2.45. The van der Waals surface area contributed by atoms with Gasteiger partial charge < -0.3 is 13.7 Å². The van der Waals surface area contributed by atoms with Crippen molar-refractivity contribution >= 4 is 32.9 Å². The topological polar surface area (TPSA) is 96.8 Å². The molecular formula is C35H38FN5O4S. The number of piperidine rings is 2. The number of hydrogen-bond acceptors (Lipinski definition) is 6. The summed E-state index contributed by atoms with van der Waals surface area (Å²) in [6.45, 7) is 4.14. The number of carbonyl (C=O) groups is 1. The summed E-state index contributed by atoms with van der Waals surface area (Å²) in [4.78, 5) is 22.9. The molecule has 4 aromatic rings. The second-order valence-electron chi connectivity index (χ2n) is 13.4. The fraction of sp³-hybridized carbons (Fsp3) is 0.429. The van der Waals surface area contributed by atoms with Gasteiger partial charge in [0.05, 0.1) is 16.7 Å². The van der Waals surface area contributed by atoms with Gasteiger partial charge in [0.1, 0.15) is 11.6 Å². The van der Waals surface area contributed by atoms with Crippen molar-refractivity contribution < 1.29 is 21.8 Å². The molecule has 9 nitrogen and oxygen atoms in total. The van der Waals surface area contributed by atoms with E-state index in [2.05, 4.69) is 45.4 Å². The molecule has 0 aliphatic carbocycles. The number of carbonyl (C=O) groups excluding carboxylic acids is 1. The molecule has 2 unspecified atom stereocenters. The summed E-state index contributed by atoms with van der Waals surface area (Å²) in [7, 11) is -3.88. The maximum Gasteiger partial charge on any atom is 0.407 e. The predicted octanol–water partition coefficient (Wildman–Crippen LogP) is 5.97. The fourth-order valence-corrected chi connectivity index (χ4v) is 9.55. The molecular weight excluding hydrogens is 605 g/mol. The Balaban J connectivity index is 0.983. The first kappa shape index (κ1) is 29.4. The molecule has 46 heavy (non-hydrogen) atoms. The molecule has 1 aromatic heterocycles. The predicted molar refractivity (Wildman–Crippen MR) is 174 cm³/mol. The van der Waals surface area contributed by atoms with Gasteiger partial charge in [0.15, 0.2) is 5.75 Å². The van der Waals surface area contributed by atoms with E-state index in [4.69, 9.17) is 9.17 Å². The monoisotopic (exact) mass is 643 g/mol. The maximum absolute atomic E-state index is 14.6. The highest BCUT2D eigenvalue weighted by Crippen LogP contribution is 2.45. The third kappa shape index (κ3) is 5.13. The average Bonchev–Trinajstić information content (AvgIpc) is 3.63. The molecule has 4 aliphatic heterocycles. The van der Waals surface area contributed by atoms with Crippen LogP contribution in [0.3, 0.4) is 0 Å². The molecule has 4 aliphatic rings. The number of fused-ring (bicyclic) bond motifs is 4. The van der Waals surface area contributed by atoms with E-state index in [-0.39, 0.29) is 28.6 Å². The van der Waals surface area contributed by atoms with Gasteiger partial charge in [-0.2, -0.15) is 8.42 Å². The molecule has 0 radical (unpaired) electrons. The number of nitrogens with zero attached hydrogens (tertiary/aromatic N) is 4. The van der Waals surface area contributed by atoms with Crippen molar-refractivity contribution in [2.24, 2.45) is 0 Å². The minimum absolute atomic E-state index is 0.149. The van der Waals surface area contributed by atoms with Crippen molar-refractivity contribution in [3.05, 3.63) is 89.5 Å². The van der Waals surface area contributed by atoms with Gasteiger partial charge in [0, 0.05) is 36.8 Å². The van der Waals surface area contributed by atoms with Crippen LogP contribution < -0.4 is 8.91 Å². The van der Waals surface area contributed by atoms with Crippen molar-refractivity contribution in [1.82, 2.24) is 19.4 Å². The smallest absolute Gasteiger partial charge is 0.365 e. The van der Waals surface area contributed by atoms with Crippen LogP contribution >= 0.6 is 0 Å². The van der Waals surface area contributed by atoms with E-state index in [9.17, 15) is 17.6 Å². The van der Waals surface area contributed by atoms with Crippen molar-refractivity contribution in [2.45, 2.75) is 75.4 Å². The minimum Gasteiger partial charge on any atom is -0.365 e. The summed E-state index contributed by atoms with van der Waals surface area (Å²) < 4.78 is 47.9. The SMILES string of the molecule is Cc1nc2ccccc2n1C1CC2CC[C@H](C1)N2CCC1(c2cccc(F)c2)CCN(C(=O)c2ccc3c(c2)NS(=O)(=O)O3)CC1. The molecule has 1 N–H and O–H groups in total. The zero-order valence-corrected chi connectivity index (χ0v) is 26.7. The number of amides is 1. The highest BCUT2D eigenvalue weighted by Gasteiger charge is 2.44. The second kappa shape index (κ2) is 11.1. The first-order valence-electron chi connectivity index (χ1n) is 16.3. The van der Waals surface area contributed by atoms with Crippen LogP contribution in [0.5, 0.6) is 5.75 Å². The number of anilines is 1. The lowest BCUT2D eigenvalue weighted by Crippen LogP contribution is -2.49. The average molecular weight is 644 g/mol. The van der Waals surface area contributed by atoms with Gasteiger partial charge in [-0.25, -0.2) is 14.1 Å². The van der Waals surface area contributed by atoms with E-state index in [1.165, 1.54) is 36.6 Å². The highest BCUT2D eigenvalue weighted by molar-refractivity contribution is 7.88. The molecule has 0 saturated carbocycles. The van der Waals surface area contributed by atoms with Gasteiger partial charge in [-0.05, 0) is 112 Å². The van der Waals surface area contributed by atoms with Crippen molar-refractivity contribution in [2.75, 3.05) is 24.4 Å². The molecule has 11 heteroatoms. The Morgan fingerprint density at radius 3 is 2.52 bits per heavy atom. The van der Waals surface area contributed by atoms with E-state index < -0.39 is 10.3 Å². The number of hydrogen-bond donors (Lipinski definition) is 1. The zero-order valence-electron chi connectivity index (χ0n) is 25.9. The Morgan fingerprint density at radius 1 is 1.00 bits per heavy atom. The quantitative estimate of drug-likeness (QED) is 0.278. The first-order valence-corrected chi connectivity index (χ1v) is 17.7. The molecule has 3 atom stereocenters. The molecule has 3 saturated heterocycles. The van der Waals surface area contributed by atoms with Crippen LogP contribution in [0, 0.1) is 12.7 Å². The molecule has 5 heterocycles. The number of nitrogens with one attached hydrogen (secondary N) is 1. The lowest BCUT2D eigenvalue weighted by atomic mass is 9.70. The largest absolute Gasteiger partial charge is 0.407 e. The number of rotatable bonds is 6. The van der Waals surface area contributed by atoms with Gasteiger partial charge in [-0.15, -0.1) is 0 Å². The number of likely N-dealkylation sites (tertiary alicyclic amines) is 1. The third-order valence-corrected chi connectivity index (χ3v) is 11.8. The van der Waals surface area contributed by atoms with Crippen LogP contribution in [0.15, 0.2) is 66.7 Å². The zero-order chi connectivity index (χ0) is 31.6. The Hall–Kier alpha value is -3.96. The molecule has 1 amide bonds. The van der Waals surface area contributed by atoms with E-state index in [0.717, 1.165) is 55.6 Å². The highest BCUT2D eigenvalue weighted by atomic mass is 32.2. The van der Waals surface area contributed by atoms with Gasteiger partial charge in [-0.1, -0.05) is 24.3 Å². The van der Waals surface area contributed by atoms with Gasteiger partial charge in [0.2, 0.25) is 0 Å². The van der Waals surface area contributed by atoms with Crippen LogP contribution in [0.25, 0.3) is 11.0 Å². The normalized spacial score (nSPS) is 24.8. The van der Waals surface area contributed by atoms with Gasteiger partial charge in [0.25, 0.3) is 5.91 Å². The van der Waals surface area contributed by atoms with Crippen LogP contribution in [0.1, 0.15) is 72.7 Å². The summed E-state index contributed by atoms with van der Waals surface area (Å²) in [5, 5.41) is 0. The Bertz CT molecular complexity index is 1920. The Kier molecular flexibility index (Phi) is 7.10. The molecule has 3 fully saturated rings. The standard InChI is InChI=1S/C35H38FN5O4S/c1-23-37-30-7-2-3-8-32(30)41(23)29-21-27-10-11-28(22-29)40(27)18-15-35(25-5-4-6-26(36)20-25)13-16-39(17-14-35)34(42)24-9-12-33-31(19-24)38-46(43,44)45-33/h2-9,12,19-20,27-29,38H,10-11,13-18,21-22H2,1H3/t27-,28?,29?/m1/s1. The molecule has 3 aromatic carbocycles. The molecule has 2 bridgehead atoms. The minimum atomic E-state index is -3.88. The number of imidazole rings is 1. The van der Waals surface area contributed by atoms with Crippen LogP contribution in [-0.2, 0) is 15.7 Å². The third-order valence-electron chi connectivity index (χ3n) is 11.0. The van der Waals surface area contributed by atoms with Gasteiger partial charge in [-0.3, -0.25) is 9.69 Å². The number of aromatic nitrogens is 2. The number of aryl methyl sites for hydroxylation is 1. The molecule has 8 rings (SSSR count). The van der Waals surface area contributed by atoms with Gasteiger partial charge >= 0.3 is 10.3 Å². The number of para-hydroxylation sites is 2. The summed E-state index contributed by atoms with van der Waals surface area (Å²) in [5.74, 6) is 0.887. The first-order chi connectivity index (χ1) is 22.2.